The van der Waals surface area contributed by atoms with Gasteiger partial charge in [-0.3, -0.25) is 11.4 Å². The summed E-state index contributed by atoms with van der Waals surface area (Å²) in [6.07, 6.45) is 1.69. The van der Waals surface area contributed by atoms with Crippen molar-refractivity contribution < 1.29 is 39.5 Å². The molecule has 0 amide bonds. The minimum absolute atomic E-state index is 0. The van der Waals surface area contributed by atoms with Gasteiger partial charge >= 0.3 is 29.6 Å². The Labute approximate surface area is 58.1 Å². The fourth-order valence-corrected chi connectivity index (χ4v) is 0. The van der Waals surface area contributed by atoms with Crippen LogP contribution in [0.5, 0.6) is 0 Å². The van der Waals surface area contributed by atoms with Crippen molar-refractivity contribution in [3.8, 4) is 0 Å². The van der Waals surface area contributed by atoms with Crippen LogP contribution in [-0.4, -0.2) is 11.1 Å². The Balaban J connectivity index is 0. The molecule has 3 heteroatoms. The summed E-state index contributed by atoms with van der Waals surface area (Å²) in [7, 11) is 0. The number of hydrogen-bond acceptors (Lipinski definition) is 1. The summed E-state index contributed by atoms with van der Waals surface area (Å²) in [4.78, 5) is 9.19. The van der Waals surface area contributed by atoms with Gasteiger partial charge < -0.3 is 11.2 Å². The van der Waals surface area contributed by atoms with E-state index in [0.717, 1.165) is 0 Å². The number of carboxylic acid groups (broad SMARTS) is 1. The van der Waals surface area contributed by atoms with E-state index in [1.165, 1.54) is 0 Å². The molecule has 0 saturated heterocycles. The Kier molecular flexibility index (Phi) is 8.26. The zero-order valence-corrected chi connectivity index (χ0v) is 5.56. The summed E-state index contributed by atoms with van der Waals surface area (Å²) in [5.41, 5.74) is 0. The van der Waals surface area contributed by atoms with Gasteiger partial charge in [0.1, 0.15) is 5.97 Å². The second-order valence-corrected chi connectivity index (χ2v) is 0.482. The Hall–Kier alpha value is 0.210. The van der Waals surface area contributed by atoms with Gasteiger partial charge in [0.25, 0.3) is 0 Å². The molecule has 0 aromatic carbocycles. The topological polar surface area (TPSA) is 37.3 Å². The van der Waals surface area contributed by atoms with Crippen LogP contribution in [0.2, 0.25) is 0 Å². The molecule has 1 N–H and O–H groups in total. The first-order valence-corrected chi connectivity index (χ1v) is 1.03. The third kappa shape index (κ3) is 8.88. The molecular weight excluding hydrogens is 91.0 g/mol. The van der Waals surface area contributed by atoms with Crippen molar-refractivity contribution in [2.75, 3.05) is 0 Å². The molecule has 0 radical (unpaired) electrons. The molecule has 0 heterocycles. The Morgan fingerprint density at radius 3 is 2.00 bits per heavy atom. The first-order chi connectivity index (χ1) is 2.27. The largest absolute Gasteiger partial charge is 1.00 e. The van der Waals surface area contributed by atoms with E-state index in [1.54, 1.807) is 6.08 Å². The van der Waals surface area contributed by atoms with Crippen LogP contribution in [0, 0.1) is 6.08 Å². The van der Waals surface area contributed by atoms with E-state index in [-0.39, 0.29) is 29.6 Å². The van der Waals surface area contributed by atoms with E-state index in [9.17, 15) is 4.79 Å². The second kappa shape index (κ2) is 5.21. The molecule has 0 aliphatic heterocycles. The maximum Gasteiger partial charge on any atom is 1.00 e. The van der Waals surface area contributed by atoms with Gasteiger partial charge in [0, 0.05) is 0 Å². The van der Waals surface area contributed by atoms with Crippen LogP contribution in [-0.2, 0) is 4.79 Å². The quantitative estimate of drug-likeness (QED) is 0.214. The third-order valence-electron chi connectivity index (χ3n) is 0.151. The molecule has 0 bridgehead atoms. The number of carboxylic acids is 1. The van der Waals surface area contributed by atoms with Crippen LogP contribution < -0.4 is 29.6 Å². The third-order valence-corrected chi connectivity index (χ3v) is 0.151. The van der Waals surface area contributed by atoms with Crippen molar-refractivity contribution in [2.45, 2.75) is 0 Å². The molecule has 0 aliphatic carbocycles. The Morgan fingerprint density at radius 2 is 2.00 bits per heavy atom. The SMILES string of the molecule is C=[C-]C(=O)O.[Na+]. The van der Waals surface area contributed by atoms with Crippen molar-refractivity contribution in [2.24, 2.45) is 0 Å². The van der Waals surface area contributed by atoms with Gasteiger partial charge in [-0.15, -0.1) is 0 Å². The number of carbonyl (C=O) groups is 1. The van der Waals surface area contributed by atoms with Gasteiger partial charge in [-0.1, -0.05) is 0 Å². The summed E-state index contributed by atoms with van der Waals surface area (Å²) < 4.78 is 0. The molecule has 0 unspecified atom stereocenters. The summed E-state index contributed by atoms with van der Waals surface area (Å²) in [6.45, 7) is 2.84. The average Bonchev–Trinajstić information content (AvgIpc) is 1.38. The van der Waals surface area contributed by atoms with Gasteiger partial charge in [0.05, 0.1) is 0 Å². The van der Waals surface area contributed by atoms with Crippen LogP contribution in [0.15, 0.2) is 6.58 Å². The van der Waals surface area contributed by atoms with Crippen LogP contribution in [0.4, 0.5) is 0 Å². The molecule has 0 atom stereocenters. The van der Waals surface area contributed by atoms with Crippen molar-refractivity contribution in [1.82, 2.24) is 0 Å². The maximum absolute atomic E-state index is 9.19. The first kappa shape index (κ1) is 9.51. The van der Waals surface area contributed by atoms with Crippen molar-refractivity contribution in [3.63, 3.8) is 0 Å². The first-order valence-electron chi connectivity index (χ1n) is 1.03. The normalized spacial score (nSPS) is 5.33. The summed E-state index contributed by atoms with van der Waals surface area (Å²) in [6, 6.07) is 0. The van der Waals surface area contributed by atoms with Crippen LogP contribution in [0.3, 0.4) is 0 Å². The molecule has 6 heavy (non-hydrogen) atoms. The summed E-state index contributed by atoms with van der Waals surface area (Å²) >= 11 is 0. The Bertz CT molecular complexity index is 59.8. The van der Waals surface area contributed by atoms with Crippen molar-refractivity contribution >= 4 is 5.97 Å². The molecule has 0 saturated carbocycles. The van der Waals surface area contributed by atoms with Gasteiger partial charge in [-0.05, 0) is 0 Å². The van der Waals surface area contributed by atoms with Crippen LogP contribution in [0.25, 0.3) is 0 Å². The monoisotopic (exact) mass is 94.0 g/mol. The molecular formula is C3H3NaO2. The average molecular weight is 94.0 g/mol. The molecule has 0 rings (SSSR count). The fourth-order valence-electron chi connectivity index (χ4n) is 0. The molecule has 0 aromatic heterocycles. The summed E-state index contributed by atoms with van der Waals surface area (Å²) in [5.74, 6) is -1.11. The van der Waals surface area contributed by atoms with Gasteiger partial charge in [-0.25, -0.2) is 0 Å². The minimum atomic E-state index is -1.11. The molecule has 0 aliphatic rings. The maximum atomic E-state index is 9.19. The van der Waals surface area contributed by atoms with E-state index in [4.69, 9.17) is 5.11 Å². The van der Waals surface area contributed by atoms with E-state index >= 15 is 0 Å². The molecule has 0 aromatic rings. The molecule has 28 valence electrons. The van der Waals surface area contributed by atoms with Crippen LogP contribution >= 0.6 is 0 Å². The van der Waals surface area contributed by atoms with E-state index in [1.807, 2.05) is 0 Å². The Morgan fingerprint density at radius 1 is 1.83 bits per heavy atom. The zero-order chi connectivity index (χ0) is 4.28. The van der Waals surface area contributed by atoms with E-state index < -0.39 is 5.97 Å². The number of aliphatic carboxylic acids is 1. The van der Waals surface area contributed by atoms with E-state index in [0.29, 0.717) is 0 Å². The van der Waals surface area contributed by atoms with Gasteiger partial charge in [-0.2, -0.15) is 0 Å². The standard InChI is InChI=1S/C3H3O2.Na/c1-2-3(4)5;/h1H2,(H,4,5);/q-1;+1. The second-order valence-electron chi connectivity index (χ2n) is 0.482. The fraction of sp³-hybridized carbons (Fsp3) is 0. The van der Waals surface area contributed by atoms with Gasteiger partial charge in [0.15, 0.2) is 0 Å². The predicted molar refractivity (Wildman–Crippen MR) is 16.5 cm³/mol. The zero-order valence-electron chi connectivity index (χ0n) is 3.56. The summed E-state index contributed by atoms with van der Waals surface area (Å²) in [5, 5.41) is 7.55. The molecule has 0 spiro atoms. The number of hydrogen-bond donors (Lipinski definition) is 1. The smallest absolute Gasteiger partial charge is 0.505 e. The predicted octanol–water partition coefficient (Wildman–Crippen LogP) is -2.94. The van der Waals surface area contributed by atoms with Crippen molar-refractivity contribution in [1.29, 1.82) is 0 Å². The minimum Gasteiger partial charge on any atom is -0.505 e. The van der Waals surface area contributed by atoms with Gasteiger partial charge in [0.2, 0.25) is 0 Å². The van der Waals surface area contributed by atoms with Crippen molar-refractivity contribution in [3.05, 3.63) is 12.7 Å². The molecule has 0 fully saturated rings. The van der Waals surface area contributed by atoms with E-state index in [2.05, 4.69) is 6.58 Å². The van der Waals surface area contributed by atoms with Crippen LogP contribution in [0.1, 0.15) is 0 Å². The molecule has 2 nitrogen and oxygen atoms in total. The number of rotatable bonds is 1.